The summed E-state index contributed by atoms with van der Waals surface area (Å²) >= 11 is 0. The lowest BCUT2D eigenvalue weighted by atomic mass is 10.2. The topological polar surface area (TPSA) is 99.5 Å². The van der Waals surface area contributed by atoms with Crippen molar-refractivity contribution in [2.24, 2.45) is 0 Å². The Kier molecular flexibility index (Phi) is 5.40. The van der Waals surface area contributed by atoms with Crippen molar-refractivity contribution in [3.05, 3.63) is 47.7 Å². The van der Waals surface area contributed by atoms with E-state index in [1.54, 1.807) is 35.6 Å². The lowest BCUT2D eigenvalue weighted by Crippen LogP contribution is -2.36. The van der Waals surface area contributed by atoms with Gasteiger partial charge >= 0.3 is 5.97 Å². The Bertz CT molecular complexity index is 794. The number of carbonyl (C=O) groups is 2. The zero-order chi connectivity index (χ0) is 18.5. The van der Waals surface area contributed by atoms with E-state index in [4.69, 9.17) is 0 Å². The molecule has 0 radical (unpaired) electrons. The summed E-state index contributed by atoms with van der Waals surface area (Å²) in [5.74, 6) is 0.0531. The van der Waals surface area contributed by atoms with Crippen LogP contribution in [-0.4, -0.2) is 63.0 Å². The summed E-state index contributed by atoms with van der Waals surface area (Å²) in [6.45, 7) is 4.22. The van der Waals surface area contributed by atoms with Gasteiger partial charge in [0.25, 0.3) is 5.91 Å². The SMILES string of the molecule is CCc1ncc(C(=O)N2CCCN(c3ncccc3C(=O)O)CC2)cn1. The highest BCUT2D eigenvalue weighted by atomic mass is 16.4. The first-order chi connectivity index (χ1) is 12.6. The number of carboxylic acid groups (broad SMARTS) is 1. The summed E-state index contributed by atoms with van der Waals surface area (Å²) in [5, 5.41) is 9.35. The number of aryl methyl sites for hydroxylation is 1. The van der Waals surface area contributed by atoms with Crippen molar-refractivity contribution in [2.75, 3.05) is 31.1 Å². The van der Waals surface area contributed by atoms with Gasteiger partial charge in [-0.3, -0.25) is 4.79 Å². The zero-order valence-corrected chi connectivity index (χ0v) is 14.6. The summed E-state index contributed by atoms with van der Waals surface area (Å²) < 4.78 is 0. The molecule has 136 valence electrons. The Morgan fingerprint density at radius 2 is 1.88 bits per heavy atom. The Morgan fingerprint density at radius 3 is 2.58 bits per heavy atom. The Labute approximate surface area is 151 Å². The second kappa shape index (κ2) is 7.90. The highest BCUT2D eigenvalue weighted by Crippen LogP contribution is 2.19. The van der Waals surface area contributed by atoms with E-state index >= 15 is 0 Å². The van der Waals surface area contributed by atoms with Crippen molar-refractivity contribution in [2.45, 2.75) is 19.8 Å². The minimum atomic E-state index is -1.00. The Morgan fingerprint density at radius 1 is 1.12 bits per heavy atom. The number of hydrogen-bond donors (Lipinski definition) is 1. The summed E-state index contributed by atoms with van der Waals surface area (Å²) in [6, 6.07) is 3.16. The molecule has 1 fully saturated rings. The number of amides is 1. The van der Waals surface area contributed by atoms with Crippen LogP contribution in [-0.2, 0) is 6.42 Å². The van der Waals surface area contributed by atoms with Gasteiger partial charge in [0.05, 0.1) is 5.56 Å². The fourth-order valence-corrected chi connectivity index (χ4v) is 2.98. The third kappa shape index (κ3) is 3.79. The first-order valence-corrected chi connectivity index (χ1v) is 8.63. The van der Waals surface area contributed by atoms with Crippen molar-refractivity contribution in [3.63, 3.8) is 0 Å². The van der Waals surface area contributed by atoms with Gasteiger partial charge in [-0.15, -0.1) is 0 Å². The standard InChI is InChI=1S/C18H21N5O3/c1-2-15-20-11-13(12-21-15)17(24)23-8-4-7-22(9-10-23)16-14(18(25)26)5-3-6-19-16/h3,5-6,11-12H,2,4,7-10H2,1H3,(H,25,26). The molecule has 3 rings (SSSR count). The highest BCUT2D eigenvalue weighted by molar-refractivity contribution is 5.94. The monoisotopic (exact) mass is 355 g/mol. The largest absolute Gasteiger partial charge is 0.478 e. The number of aromatic nitrogens is 3. The van der Waals surface area contributed by atoms with Crippen LogP contribution >= 0.6 is 0 Å². The summed E-state index contributed by atoms with van der Waals surface area (Å²) in [4.78, 5) is 40.4. The normalized spacial score (nSPS) is 14.8. The molecule has 0 saturated carbocycles. The third-order valence-corrected chi connectivity index (χ3v) is 4.37. The van der Waals surface area contributed by atoms with Crippen molar-refractivity contribution in [3.8, 4) is 0 Å². The van der Waals surface area contributed by atoms with Crippen LogP contribution in [0, 0.1) is 0 Å². The van der Waals surface area contributed by atoms with Gasteiger partial charge in [0, 0.05) is 51.2 Å². The van der Waals surface area contributed by atoms with E-state index in [9.17, 15) is 14.7 Å². The van der Waals surface area contributed by atoms with E-state index in [-0.39, 0.29) is 11.5 Å². The van der Waals surface area contributed by atoms with Crippen molar-refractivity contribution in [1.29, 1.82) is 0 Å². The fraction of sp³-hybridized carbons (Fsp3) is 0.389. The van der Waals surface area contributed by atoms with Crippen molar-refractivity contribution in [1.82, 2.24) is 19.9 Å². The van der Waals surface area contributed by atoms with Crippen LogP contribution < -0.4 is 4.90 Å². The molecule has 2 aromatic heterocycles. The number of rotatable bonds is 4. The quantitative estimate of drug-likeness (QED) is 0.887. The van der Waals surface area contributed by atoms with Crippen LogP contribution in [0.4, 0.5) is 5.82 Å². The molecule has 1 N–H and O–H groups in total. The summed E-state index contributed by atoms with van der Waals surface area (Å²) in [5.41, 5.74) is 0.649. The number of anilines is 1. The second-order valence-electron chi connectivity index (χ2n) is 6.05. The van der Waals surface area contributed by atoms with Gasteiger partial charge in [-0.2, -0.15) is 0 Å². The van der Waals surface area contributed by atoms with E-state index < -0.39 is 5.97 Å². The molecule has 0 spiro atoms. The fourth-order valence-electron chi connectivity index (χ4n) is 2.98. The van der Waals surface area contributed by atoms with Crippen LogP contribution in [0.3, 0.4) is 0 Å². The molecule has 1 saturated heterocycles. The molecule has 1 aliphatic heterocycles. The van der Waals surface area contributed by atoms with Gasteiger partial charge in [0.2, 0.25) is 0 Å². The lowest BCUT2D eigenvalue weighted by molar-refractivity contribution is 0.0695. The Balaban J connectivity index is 1.72. The molecule has 2 aromatic rings. The van der Waals surface area contributed by atoms with E-state index in [1.165, 1.54) is 0 Å². The maximum Gasteiger partial charge on any atom is 0.339 e. The highest BCUT2D eigenvalue weighted by Gasteiger charge is 2.24. The van der Waals surface area contributed by atoms with E-state index in [0.29, 0.717) is 43.4 Å². The number of nitrogens with zero attached hydrogens (tertiary/aromatic N) is 5. The predicted octanol–water partition coefficient (Wildman–Crippen LogP) is 1.48. The molecule has 8 heteroatoms. The third-order valence-electron chi connectivity index (χ3n) is 4.37. The molecular weight excluding hydrogens is 334 g/mol. The average Bonchev–Trinajstić information content (AvgIpc) is 2.93. The predicted molar refractivity (Wildman–Crippen MR) is 95.3 cm³/mol. The van der Waals surface area contributed by atoms with Gasteiger partial charge < -0.3 is 14.9 Å². The molecule has 0 aromatic carbocycles. The van der Waals surface area contributed by atoms with Crippen molar-refractivity contribution >= 4 is 17.7 Å². The molecule has 0 aliphatic carbocycles. The second-order valence-corrected chi connectivity index (χ2v) is 6.05. The summed E-state index contributed by atoms with van der Waals surface area (Å²) in [7, 11) is 0. The molecule has 0 unspecified atom stereocenters. The number of carboxylic acids is 1. The number of carbonyl (C=O) groups excluding carboxylic acids is 1. The van der Waals surface area contributed by atoms with Crippen LogP contribution in [0.1, 0.15) is 39.9 Å². The molecule has 26 heavy (non-hydrogen) atoms. The first-order valence-electron chi connectivity index (χ1n) is 8.63. The van der Waals surface area contributed by atoms with E-state index in [2.05, 4.69) is 15.0 Å². The number of hydrogen-bond acceptors (Lipinski definition) is 6. The molecule has 1 aliphatic rings. The smallest absolute Gasteiger partial charge is 0.339 e. The van der Waals surface area contributed by atoms with Gasteiger partial charge in [0.15, 0.2) is 0 Å². The Hall–Kier alpha value is -3.03. The maximum absolute atomic E-state index is 12.7. The van der Waals surface area contributed by atoms with E-state index in [0.717, 1.165) is 12.8 Å². The molecule has 0 atom stereocenters. The average molecular weight is 355 g/mol. The maximum atomic E-state index is 12.7. The molecule has 1 amide bonds. The zero-order valence-electron chi connectivity index (χ0n) is 14.6. The van der Waals surface area contributed by atoms with Crippen LogP contribution in [0.15, 0.2) is 30.7 Å². The first kappa shape index (κ1) is 17.8. The molecular formula is C18H21N5O3. The van der Waals surface area contributed by atoms with Crippen molar-refractivity contribution < 1.29 is 14.7 Å². The van der Waals surface area contributed by atoms with Gasteiger partial charge in [-0.1, -0.05) is 6.92 Å². The molecule has 3 heterocycles. The van der Waals surface area contributed by atoms with Gasteiger partial charge in [0.1, 0.15) is 17.2 Å². The van der Waals surface area contributed by atoms with Gasteiger partial charge in [-0.25, -0.2) is 19.7 Å². The van der Waals surface area contributed by atoms with Crippen LogP contribution in [0.5, 0.6) is 0 Å². The summed E-state index contributed by atoms with van der Waals surface area (Å²) in [6.07, 6.45) is 6.18. The minimum absolute atomic E-state index is 0.103. The van der Waals surface area contributed by atoms with Gasteiger partial charge in [-0.05, 0) is 18.6 Å². The van der Waals surface area contributed by atoms with E-state index in [1.807, 2.05) is 11.8 Å². The number of aromatic carboxylic acids is 1. The lowest BCUT2D eigenvalue weighted by Gasteiger charge is -2.23. The van der Waals surface area contributed by atoms with Crippen LogP contribution in [0.25, 0.3) is 0 Å². The molecule has 8 nitrogen and oxygen atoms in total. The number of pyridine rings is 1. The molecule has 0 bridgehead atoms. The minimum Gasteiger partial charge on any atom is -0.478 e. The van der Waals surface area contributed by atoms with Crippen LogP contribution in [0.2, 0.25) is 0 Å².